The lowest BCUT2D eigenvalue weighted by Crippen LogP contribution is -2.31. The van der Waals surface area contributed by atoms with Gasteiger partial charge in [0.15, 0.2) is 0 Å². The van der Waals surface area contributed by atoms with Gasteiger partial charge in [-0.3, -0.25) is 0 Å². The molecular formula is C15H26N2. The number of hydrogen-bond donors (Lipinski definition) is 2. The average Bonchev–Trinajstić information content (AvgIpc) is 2.26. The molecule has 0 heterocycles. The molecule has 0 aliphatic rings. The van der Waals surface area contributed by atoms with E-state index in [1.54, 1.807) is 0 Å². The summed E-state index contributed by atoms with van der Waals surface area (Å²) in [4.78, 5) is 0. The van der Waals surface area contributed by atoms with E-state index in [-0.39, 0.29) is 6.04 Å². The van der Waals surface area contributed by atoms with Gasteiger partial charge in [-0.1, -0.05) is 52.0 Å². The van der Waals surface area contributed by atoms with Gasteiger partial charge in [-0.15, -0.1) is 0 Å². The van der Waals surface area contributed by atoms with Gasteiger partial charge >= 0.3 is 0 Å². The van der Waals surface area contributed by atoms with Crippen LogP contribution >= 0.6 is 0 Å². The standard InChI is InChI=1S/C15H26N2/c1-11(2)9-13-5-7-14(8-6-13)15(16)10-17-12(3)4/h5-8,11-12,15,17H,9-10,16H2,1-4H3. The monoisotopic (exact) mass is 234 g/mol. The fraction of sp³-hybridized carbons (Fsp3) is 0.600. The van der Waals surface area contributed by atoms with Crippen molar-refractivity contribution in [2.75, 3.05) is 6.54 Å². The summed E-state index contributed by atoms with van der Waals surface area (Å²) >= 11 is 0. The fourth-order valence-electron chi connectivity index (χ4n) is 1.85. The molecule has 0 spiro atoms. The molecular weight excluding hydrogens is 208 g/mol. The molecule has 0 aliphatic carbocycles. The van der Waals surface area contributed by atoms with Crippen LogP contribution < -0.4 is 11.1 Å². The molecule has 0 fully saturated rings. The van der Waals surface area contributed by atoms with E-state index in [1.807, 2.05) is 0 Å². The van der Waals surface area contributed by atoms with E-state index in [4.69, 9.17) is 5.73 Å². The van der Waals surface area contributed by atoms with E-state index in [2.05, 4.69) is 57.3 Å². The van der Waals surface area contributed by atoms with E-state index in [0.717, 1.165) is 13.0 Å². The third-order valence-electron chi connectivity index (χ3n) is 2.80. The van der Waals surface area contributed by atoms with Crippen molar-refractivity contribution in [3.05, 3.63) is 35.4 Å². The van der Waals surface area contributed by atoms with Crippen molar-refractivity contribution >= 4 is 0 Å². The molecule has 0 saturated heterocycles. The minimum Gasteiger partial charge on any atom is -0.323 e. The molecule has 17 heavy (non-hydrogen) atoms. The topological polar surface area (TPSA) is 38.0 Å². The van der Waals surface area contributed by atoms with Gasteiger partial charge in [0.1, 0.15) is 0 Å². The highest BCUT2D eigenvalue weighted by Crippen LogP contribution is 2.13. The van der Waals surface area contributed by atoms with Crippen LogP contribution in [-0.2, 0) is 6.42 Å². The normalized spacial score (nSPS) is 13.4. The molecule has 1 aromatic rings. The van der Waals surface area contributed by atoms with Crippen molar-refractivity contribution < 1.29 is 0 Å². The van der Waals surface area contributed by atoms with E-state index in [0.29, 0.717) is 12.0 Å². The van der Waals surface area contributed by atoms with Crippen molar-refractivity contribution in [3.8, 4) is 0 Å². The average molecular weight is 234 g/mol. The first-order valence-electron chi connectivity index (χ1n) is 6.57. The summed E-state index contributed by atoms with van der Waals surface area (Å²) in [5, 5.41) is 3.37. The van der Waals surface area contributed by atoms with Crippen LogP contribution in [0.2, 0.25) is 0 Å². The third kappa shape index (κ3) is 5.33. The van der Waals surface area contributed by atoms with Crippen molar-refractivity contribution in [1.29, 1.82) is 0 Å². The maximum absolute atomic E-state index is 6.13. The zero-order valence-electron chi connectivity index (χ0n) is 11.5. The predicted octanol–water partition coefficient (Wildman–Crippen LogP) is 2.88. The quantitative estimate of drug-likeness (QED) is 0.794. The van der Waals surface area contributed by atoms with Gasteiger partial charge in [-0.25, -0.2) is 0 Å². The Labute approximate surface area is 106 Å². The summed E-state index contributed by atoms with van der Waals surface area (Å²) in [6.07, 6.45) is 1.14. The SMILES string of the molecule is CC(C)Cc1ccc(C(N)CNC(C)C)cc1. The molecule has 0 aliphatic heterocycles. The predicted molar refractivity (Wildman–Crippen MR) is 75.1 cm³/mol. The Kier molecular flexibility index (Phi) is 5.66. The van der Waals surface area contributed by atoms with Crippen molar-refractivity contribution in [2.45, 2.75) is 46.2 Å². The molecule has 1 rings (SSSR count). The molecule has 2 nitrogen and oxygen atoms in total. The van der Waals surface area contributed by atoms with E-state index in [1.165, 1.54) is 11.1 Å². The molecule has 1 unspecified atom stereocenters. The van der Waals surface area contributed by atoms with Crippen LogP contribution in [-0.4, -0.2) is 12.6 Å². The summed E-state index contributed by atoms with van der Waals surface area (Å²) in [6.45, 7) is 9.59. The van der Waals surface area contributed by atoms with Crippen LogP contribution in [0.4, 0.5) is 0 Å². The second-order valence-corrected chi connectivity index (χ2v) is 5.51. The first-order chi connectivity index (χ1) is 7.99. The Morgan fingerprint density at radius 2 is 1.65 bits per heavy atom. The molecule has 1 atom stereocenters. The summed E-state index contributed by atoms with van der Waals surface area (Å²) in [5.41, 5.74) is 8.74. The zero-order valence-corrected chi connectivity index (χ0v) is 11.5. The van der Waals surface area contributed by atoms with Gasteiger partial charge in [0.25, 0.3) is 0 Å². The molecule has 3 N–H and O–H groups in total. The molecule has 0 saturated carbocycles. The van der Waals surface area contributed by atoms with Crippen LogP contribution in [0, 0.1) is 5.92 Å². The Balaban J connectivity index is 2.54. The van der Waals surface area contributed by atoms with Gasteiger partial charge in [-0.05, 0) is 23.5 Å². The Morgan fingerprint density at radius 3 is 2.12 bits per heavy atom. The van der Waals surface area contributed by atoms with Crippen molar-refractivity contribution in [1.82, 2.24) is 5.32 Å². The molecule has 0 radical (unpaired) electrons. The largest absolute Gasteiger partial charge is 0.323 e. The number of hydrogen-bond acceptors (Lipinski definition) is 2. The molecule has 0 bridgehead atoms. The number of benzene rings is 1. The minimum atomic E-state index is 0.0884. The Hall–Kier alpha value is -0.860. The molecule has 0 amide bonds. The first-order valence-corrected chi connectivity index (χ1v) is 6.57. The summed E-state index contributed by atoms with van der Waals surface area (Å²) in [5.74, 6) is 0.706. The smallest absolute Gasteiger partial charge is 0.0421 e. The van der Waals surface area contributed by atoms with Gasteiger partial charge in [0, 0.05) is 18.6 Å². The van der Waals surface area contributed by atoms with Crippen molar-refractivity contribution in [3.63, 3.8) is 0 Å². The van der Waals surface area contributed by atoms with Crippen LogP contribution in [0.15, 0.2) is 24.3 Å². The minimum absolute atomic E-state index is 0.0884. The lowest BCUT2D eigenvalue weighted by atomic mass is 9.99. The van der Waals surface area contributed by atoms with Crippen LogP contribution in [0.1, 0.15) is 44.9 Å². The van der Waals surface area contributed by atoms with Gasteiger partial charge < -0.3 is 11.1 Å². The Morgan fingerprint density at radius 1 is 1.06 bits per heavy atom. The number of rotatable bonds is 6. The molecule has 0 aromatic heterocycles. The van der Waals surface area contributed by atoms with E-state index < -0.39 is 0 Å². The van der Waals surface area contributed by atoms with Gasteiger partial charge in [0.05, 0.1) is 0 Å². The highest BCUT2D eigenvalue weighted by molar-refractivity contribution is 5.25. The lowest BCUT2D eigenvalue weighted by Gasteiger charge is -2.16. The molecule has 2 heteroatoms. The van der Waals surface area contributed by atoms with Gasteiger partial charge in [0.2, 0.25) is 0 Å². The first kappa shape index (κ1) is 14.2. The van der Waals surface area contributed by atoms with Crippen LogP contribution in [0.25, 0.3) is 0 Å². The van der Waals surface area contributed by atoms with Crippen LogP contribution in [0.3, 0.4) is 0 Å². The fourth-order valence-corrected chi connectivity index (χ4v) is 1.85. The molecule has 96 valence electrons. The number of nitrogens with two attached hydrogens (primary N) is 1. The second kappa shape index (κ2) is 6.77. The highest BCUT2D eigenvalue weighted by Gasteiger charge is 2.06. The molecule has 1 aromatic carbocycles. The van der Waals surface area contributed by atoms with E-state index >= 15 is 0 Å². The second-order valence-electron chi connectivity index (χ2n) is 5.51. The Bertz CT molecular complexity index is 314. The zero-order chi connectivity index (χ0) is 12.8. The van der Waals surface area contributed by atoms with Gasteiger partial charge in [-0.2, -0.15) is 0 Å². The summed E-state index contributed by atoms with van der Waals surface area (Å²) in [7, 11) is 0. The maximum atomic E-state index is 6.13. The third-order valence-corrected chi connectivity index (χ3v) is 2.80. The lowest BCUT2D eigenvalue weighted by molar-refractivity contribution is 0.537. The highest BCUT2D eigenvalue weighted by atomic mass is 14.9. The van der Waals surface area contributed by atoms with Crippen molar-refractivity contribution in [2.24, 2.45) is 11.7 Å². The van der Waals surface area contributed by atoms with Crippen LogP contribution in [0.5, 0.6) is 0 Å². The summed E-state index contributed by atoms with van der Waals surface area (Å²) < 4.78 is 0. The number of nitrogens with one attached hydrogen (secondary N) is 1. The maximum Gasteiger partial charge on any atom is 0.0421 e. The summed E-state index contributed by atoms with van der Waals surface area (Å²) in [6, 6.07) is 9.29. The van der Waals surface area contributed by atoms with E-state index in [9.17, 15) is 0 Å².